The molecule has 1 N–H and O–H groups in total. The Morgan fingerprint density at radius 3 is 2.53 bits per heavy atom. The number of thiophene rings is 1. The van der Waals surface area contributed by atoms with Crippen molar-refractivity contribution in [2.75, 3.05) is 6.54 Å². The van der Waals surface area contributed by atoms with E-state index in [1.807, 2.05) is 12.1 Å². The molecular weight excluding hydrogens is 274 g/mol. The van der Waals surface area contributed by atoms with Gasteiger partial charge in [-0.15, -0.1) is 0 Å². The van der Waals surface area contributed by atoms with Crippen molar-refractivity contribution in [3.05, 3.63) is 56.7 Å². The van der Waals surface area contributed by atoms with Gasteiger partial charge in [0.05, 0.1) is 0 Å². The van der Waals surface area contributed by atoms with E-state index in [0.717, 1.165) is 24.4 Å². The molecule has 1 unspecified atom stereocenters. The zero-order valence-corrected chi connectivity index (χ0v) is 13.0. The maximum absolute atomic E-state index is 5.94. The average Bonchev–Trinajstić information content (AvgIpc) is 2.83. The fraction of sp³-hybridized carbons (Fsp3) is 0.375. The summed E-state index contributed by atoms with van der Waals surface area (Å²) in [6.45, 7) is 5.44. The minimum absolute atomic E-state index is 0.396. The summed E-state index contributed by atoms with van der Waals surface area (Å²) >= 11 is 7.72. The van der Waals surface area contributed by atoms with Crippen molar-refractivity contribution < 1.29 is 0 Å². The molecule has 1 heterocycles. The standard InChI is InChI=1S/C16H20ClNS/c1-3-8-18-16(15-11-19-10-12(15)2)9-13-4-6-14(17)7-5-13/h4-7,10-11,16,18H,3,8-9H2,1-2H3. The molecule has 1 aromatic carbocycles. The second-order valence-corrected chi connectivity index (χ2v) is 6.03. The van der Waals surface area contributed by atoms with Crippen molar-refractivity contribution in [1.82, 2.24) is 5.32 Å². The zero-order valence-electron chi connectivity index (χ0n) is 11.4. The van der Waals surface area contributed by atoms with Crippen molar-refractivity contribution in [2.45, 2.75) is 32.7 Å². The molecule has 0 bridgehead atoms. The van der Waals surface area contributed by atoms with Crippen LogP contribution in [0.15, 0.2) is 35.0 Å². The van der Waals surface area contributed by atoms with Gasteiger partial charge < -0.3 is 5.32 Å². The molecule has 0 aliphatic rings. The van der Waals surface area contributed by atoms with Gasteiger partial charge in [0.25, 0.3) is 0 Å². The van der Waals surface area contributed by atoms with Crippen molar-refractivity contribution in [2.24, 2.45) is 0 Å². The van der Waals surface area contributed by atoms with Crippen LogP contribution in [0.3, 0.4) is 0 Å². The molecule has 19 heavy (non-hydrogen) atoms. The first kappa shape index (κ1) is 14.6. The lowest BCUT2D eigenvalue weighted by Crippen LogP contribution is -2.24. The summed E-state index contributed by atoms with van der Waals surface area (Å²) in [6, 6.07) is 8.56. The lowest BCUT2D eigenvalue weighted by molar-refractivity contribution is 0.528. The van der Waals surface area contributed by atoms with Gasteiger partial charge in [-0.1, -0.05) is 30.7 Å². The molecule has 1 atom stereocenters. The summed E-state index contributed by atoms with van der Waals surface area (Å²) < 4.78 is 0. The third-order valence-electron chi connectivity index (χ3n) is 3.26. The highest BCUT2D eigenvalue weighted by atomic mass is 35.5. The molecule has 0 saturated heterocycles. The van der Waals surface area contributed by atoms with Gasteiger partial charge in [-0.05, 0) is 65.9 Å². The molecule has 102 valence electrons. The number of rotatable bonds is 6. The molecule has 0 saturated carbocycles. The Labute approximate surface area is 124 Å². The molecule has 2 rings (SSSR count). The molecule has 1 nitrogen and oxygen atoms in total. The van der Waals surface area contributed by atoms with Gasteiger partial charge in [-0.3, -0.25) is 0 Å². The topological polar surface area (TPSA) is 12.0 Å². The summed E-state index contributed by atoms with van der Waals surface area (Å²) in [7, 11) is 0. The van der Waals surface area contributed by atoms with E-state index in [1.54, 1.807) is 11.3 Å². The minimum atomic E-state index is 0.396. The number of aryl methyl sites for hydroxylation is 1. The average molecular weight is 294 g/mol. The van der Waals surface area contributed by atoms with E-state index in [0.29, 0.717) is 6.04 Å². The highest BCUT2D eigenvalue weighted by Gasteiger charge is 2.14. The fourth-order valence-corrected chi connectivity index (χ4v) is 3.23. The van der Waals surface area contributed by atoms with E-state index in [4.69, 9.17) is 11.6 Å². The van der Waals surface area contributed by atoms with Gasteiger partial charge in [0.15, 0.2) is 0 Å². The lowest BCUT2D eigenvalue weighted by atomic mass is 9.98. The molecule has 0 aliphatic carbocycles. The van der Waals surface area contributed by atoms with Crippen LogP contribution in [0.1, 0.15) is 36.1 Å². The Morgan fingerprint density at radius 2 is 1.95 bits per heavy atom. The Bertz CT molecular complexity index is 504. The van der Waals surface area contributed by atoms with Crippen molar-refractivity contribution in [3.63, 3.8) is 0 Å². The maximum atomic E-state index is 5.94. The van der Waals surface area contributed by atoms with Crippen LogP contribution < -0.4 is 5.32 Å². The smallest absolute Gasteiger partial charge is 0.0406 e. The summed E-state index contributed by atoms with van der Waals surface area (Å²) in [5.41, 5.74) is 4.13. The Kier molecular flexibility index (Phi) is 5.44. The summed E-state index contributed by atoms with van der Waals surface area (Å²) in [5, 5.41) is 8.93. The van der Waals surface area contributed by atoms with Crippen molar-refractivity contribution in [3.8, 4) is 0 Å². The monoisotopic (exact) mass is 293 g/mol. The lowest BCUT2D eigenvalue weighted by Gasteiger charge is -2.19. The number of halogens is 1. The molecular formula is C16H20ClNS. The van der Waals surface area contributed by atoms with E-state index in [2.05, 4.69) is 42.1 Å². The molecule has 0 aliphatic heterocycles. The second-order valence-electron chi connectivity index (χ2n) is 4.85. The molecule has 2 aromatic rings. The number of benzene rings is 1. The Hall–Kier alpha value is -0.830. The predicted molar refractivity (Wildman–Crippen MR) is 85.2 cm³/mol. The predicted octanol–water partition coefficient (Wildman–Crippen LogP) is 4.99. The van der Waals surface area contributed by atoms with E-state index in [-0.39, 0.29) is 0 Å². The summed E-state index contributed by atoms with van der Waals surface area (Å²) in [4.78, 5) is 0. The quantitative estimate of drug-likeness (QED) is 0.791. The minimum Gasteiger partial charge on any atom is -0.310 e. The van der Waals surface area contributed by atoms with Gasteiger partial charge in [0.1, 0.15) is 0 Å². The maximum Gasteiger partial charge on any atom is 0.0406 e. The Balaban J connectivity index is 2.14. The van der Waals surface area contributed by atoms with E-state index in [9.17, 15) is 0 Å². The van der Waals surface area contributed by atoms with E-state index < -0.39 is 0 Å². The van der Waals surface area contributed by atoms with Gasteiger partial charge in [0.2, 0.25) is 0 Å². The van der Waals surface area contributed by atoms with Crippen LogP contribution in [0.25, 0.3) is 0 Å². The van der Waals surface area contributed by atoms with Crippen LogP contribution in [-0.4, -0.2) is 6.54 Å². The normalized spacial score (nSPS) is 12.6. The first-order valence-corrected chi connectivity index (χ1v) is 8.03. The molecule has 0 amide bonds. The SMILES string of the molecule is CCCNC(Cc1ccc(Cl)cc1)c1cscc1C. The van der Waals surface area contributed by atoms with Crippen LogP contribution in [0, 0.1) is 6.92 Å². The van der Waals surface area contributed by atoms with Crippen LogP contribution in [0.4, 0.5) is 0 Å². The van der Waals surface area contributed by atoms with Crippen LogP contribution in [-0.2, 0) is 6.42 Å². The Morgan fingerprint density at radius 1 is 1.21 bits per heavy atom. The third kappa shape index (κ3) is 4.07. The highest BCUT2D eigenvalue weighted by Crippen LogP contribution is 2.25. The fourth-order valence-electron chi connectivity index (χ4n) is 2.19. The van der Waals surface area contributed by atoms with Crippen molar-refractivity contribution >= 4 is 22.9 Å². The molecule has 0 spiro atoms. The molecule has 1 aromatic heterocycles. The van der Waals surface area contributed by atoms with Gasteiger partial charge in [-0.2, -0.15) is 11.3 Å². The first-order valence-electron chi connectivity index (χ1n) is 6.71. The van der Waals surface area contributed by atoms with Gasteiger partial charge >= 0.3 is 0 Å². The number of hydrogen-bond donors (Lipinski definition) is 1. The number of hydrogen-bond acceptors (Lipinski definition) is 2. The first-order chi connectivity index (χ1) is 9.20. The van der Waals surface area contributed by atoms with Crippen LogP contribution in [0.2, 0.25) is 5.02 Å². The molecule has 0 fully saturated rings. The molecule has 0 radical (unpaired) electrons. The highest BCUT2D eigenvalue weighted by molar-refractivity contribution is 7.08. The van der Waals surface area contributed by atoms with Gasteiger partial charge in [0, 0.05) is 11.1 Å². The van der Waals surface area contributed by atoms with Crippen LogP contribution >= 0.6 is 22.9 Å². The van der Waals surface area contributed by atoms with Gasteiger partial charge in [-0.25, -0.2) is 0 Å². The van der Waals surface area contributed by atoms with E-state index in [1.165, 1.54) is 16.7 Å². The number of nitrogens with one attached hydrogen (secondary N) is 1. The second kappa shape index (κ2) is 7.09. The summed E-state index contributed by atoms with van der Waals surface area (Å²) in [6.07, 6.45) is 2.16. The van der Waals surface area contributed by atoms with E-state index >= 15 is 0 Å². The zero-order chi connectivity index (χ0) is 13.7. The molecule has 3 heteroatoms. The van der Waals surface area contributed by atoms with Crippen LogP contribution in [0.5, 0.6) is 0 Å². The van der Waals surface area contributed by atoms with Crippen molar-refractivity contribution in [1.29, 1.82) is 0 Å². The third-order valence-corrected chi connectivity index (χ3v) is 4.40. The largest absolute Gasteiger partial charge is 0.310 e. The summed E-state index contributed by atoms with van der Waals surface area (Å²) in [5.74, 6) is 0.